The Morgan fingerprint density at radius 3 is 1.37 bits per heavy atom. The first-order valence-electron chi connectivity index (χ1n) is 38.5. The summed E-state index contributed by atoms with van der Waals surface area (Å²) < 4.78 is 3.17. The molecule has 0 atom stereocenters. The van der Waals surface area contributed by atoms with Crippen LogP contribution in [0.2, 0.25) is 0 Å². The molecule has 11 heterocycles. The van der Waals surface area contributed by atoms with E-state index in [2.05, 4.69) is 100 Å². The summed E-state index contributed by atoms with van der Waals surface area (Å²) in [5, 5.41) is 30.3. The highest BCUT2D eigenvalue weighted by molar-refractivity contribution is 5.77. The van der Waals surface area contributed by atoms with Gasteiger partial charge in [-0.15, -0.1) is 6.58 Å². The van der Waals surface area contributed by atoms with Crippen LogP contribution in [0.3, 0.4) is 0 Å². The van der Waals surface area contributed by atoms with Gasteiger partial charge in [-0.1, -0.05) is 12.1 Å². The van der Waals surface area contributed by atoms with Gasteiger partial charge in [-0.25, -0.2) is 53.7 Å². The number of fused-ring (bicyclic) bond motifs is 1. The van der Waals surface area contributed by atoms with Gasteiger partial charge in [-0.05, 0) is 236 Å². The van der Waals surface area contributed by atoms with Crippen molar-refractivity contribution in [1.29, 1.82) is 0 Å². The van der Waals surface area contributed by atoms with Gasteiger partial charge in [0, 0.05) is 166 Å². The fourth-order valence-corrected chi connectivity index (χ4v) is 17.3. The first-order chi connectivity index (χ1) is 51.8. The molecule has 7 aromatic rings. The van der Waals surface area contributed by atoms with E-state index in [1.54, 1.807) is 54.9 Å². The molecule has 8 aliphatic rings. The highest BCUT2D eigenvalue weighted by Crippen LogP contribution is 2.46. The second-order valence-corrected chi connectivity index (χ2v) is 31.5. The van der Waals surface area contributed by atoms with E-state index >= 15 is 0 Å². The van der Waals surface area contributed by atoms with E-state index in [0.717, 1.165) is 109 Å². The summed E-state index contributed by atoms with van der Waals surface area (Å²) in [4.78, 5) is 75.1. The minimum Gasteiger partial charge on any atom is -0.870 e. The summed E-state index contributed by atoms with van der Waals surface area (Å²) in [6.07, 6.45) is 23.0. The van der Waals surface area contributed by atoms with E-state index in [1.807, 2.05) is 65.8 Å². The Balaban J connectivity index is 0.000000153. The van der Waals surface area contributed by atoms with Crippen LogP contribution in [-0.2, 0) is 12.1 Å². The Hall–Kier alpha value is -9.85. The zero-order valence-corrected chi connectivity index (χ0v) is 63.0. The predicted molar refractivity (Wildman–Crippen MR) is 427 cm³/mol. The Morgan fingerprint density at radius 2 is 0.981 bits per heavy atom. The first kappa shape index (κ1) is 79.2. The van der Waals surface area contributed by atoms with E-state index < -0.39 is 5.60 Å². The number of hydrogen-bond acceptors (Lipinski definition) is 19. The molecule has 7 N–H and O–H groups in total. The highest BCUT2D eigenvalue weighted by atomic mass is 16.6. The van der Waals surface area contributed by atoms with Gasteiger partial charge in [0.25, 0.3) is 36.9 Å². The summed E-state index contributed by atoms with van der Waals surface area (Å²) >= 11 is 0. The number of likely N-dealkylation sites (tertiary alicyclic amines) is 3. The number of rotatable bonds is 15. The number of nitrogen functional groups attached to an aromatic ring is 1. The van der Waals surface area contributed by atoms with Gasteiger partial charge >= 0.3 is 0 Å². The summed E-state index contributed by atoms with van der Waals surface area (Å²) in [5.41, 5.74) is 14.5. The molecule has 8 saturated heterocycles. The number of aromatic nitrogens is 5. The quantitative estimate of drug-likeness (QED) is 0.0210. The van der Waals surface area contributed by atoms with Gasteiger partial charge in [0.15, 0.2) is 11.5 Å². The number of nitro benzene ring substituents is 1. The molecule has 26 nitrogen and oxygen atoms in total. The third-order valence-corrected chi connectivity index (χ3v) is 24.6. The molecule has 0 aliphatic carbocycles. The molecule has 0 unspecified atom stereocenters. The lowest BCUT2D eigenvalue weighted by Gasteiger charge is -2.46. The van der Waals surface area contributed by atoms with Gasteiger partial charge in [-0.3, -0.25) is 29.4 Å². The minimum atomic E-state index is -1.15. The van der Waals surface area contributed by atoms with Crippen LogP contribution in [-0.4, -0.2) is 179 Å². The van der Waals surface area contributed by atoms with Gasteiger partial charge in [-0.2, -0.15) is 4.98 Å². The fourth-order valence-electron chi connectivity index (χ4n) is 17.3. The zero-order valence-electron chi connectivity index (χ0n) is 63.0. The lowest BCUT2D eigenvalue weighted by Crippen LogP contribution is -2.55. The maximum atomic E-state index is 13.3. The third kappa shape index (κ3) is 19.5. The molecular weight excluding hydrogens is 1360 g/mol. The molecule has 15 rings (SSSR count). The van der Waals surface area contributed by atoms with Crippen molar-refractivity contribution in [2.24, 2.45) is 21.7 Å². The van der Waals surface area contributed by atoms with Crippen molar-refractivity contribution < 1.29 is 20.7 Å². The molecule has 0 saturated carbocycles. The number of pyridine rings is 1. The number of aliphatic hydroxyl groups is 1. The third-order valence-electron chi connectivity index (χ3n) is 24.6. The van der Waals surface area contributed by atoms with E-state index in [-0.39, 0.29) is 28.2 Å². The molecule has 4 aromatic carbocycles. The average Bonchev–Trinajstić information content (AvgIpc) is 1.60. The monoisotopic (exact) mass is 1470 g/mol. The van der Waals surface area contributed by atoms with Crippen LogP contribution in [0.15, 0.2) is 139 Å². The number of allylic oxidation sites excluding steroid dienone is 1. The minimum absolute atomic E-state index is 0. The molecule has 108 heavy (non-hydrogen) atoms. The number of nitroso groups, excluding NO2 is 1. The van der Waals surface area contributed by atoms with Crippen molar-refractivity contribution in [1.82, 2.24) is 44.3 Å². The second kappa shape index (κ2) is 35.9. The Bertz CT molecular complexity index is 4280. The number of hydrogen-bond donors (Lipinski definition) is 5. The Kier molecular flexibility index (Phi) is 26.3. The highest BCUT2D eigenvalue weighted by Gasteiger charge is 2.42. The lowest BCUT2D eigenvalue weighted by atomic mass is 9.71. The number of nitrogens with zero attached hydrogens (tertiary/aromatic N) is 16. The van der Waals surface area contributed by atoms with Crippen molar-refractivity contribution in [2.45, 2.75) is 129 Å². The van der Waals surface area contributed by atoms with Crippen molar-refractivity contribution in [3.05, 3.63) is 199 Å². The van der Waals surface area contributed by atoms with Gasteiger partial charge in [0.2, 0.25) is 5.95 Å². The molecule has 0 radical (unpaired) electrons. The van der Waals surface area contributed by atoms with Crippen molar-refractivity contribution >= 4 is 62.5 Å². The largest absolute Gasteiger partial charge is 0.870 e. The smallest absolute Gasteiger partial charge is 0.278 e. The average molecular weight is 1470 g/mol. The summed E-state index contributed by atoms with van der Waals surface area (Å²) in [7, 11) is 0. The van der Waals surface area contributed by atoms with E-state index in [9.17, 15) is 24.9 Å². The Morgan fingerprint density at radius 1 is 0.593 bits per heavy atom. The van der Waals surface area contributed by atoms with Crippen LogP contribution in [0.5, 0.6) is 0 Å². The van der Waals surface area contributed by atoms with Crippen molar-refractivity contribution in [2.75, 3.05) is 155 Å². The van der Waals surface area contributed by atoms with Crippen molar-refractivity contribution in [3.63, 3.8) is 0 Å². The molecule has 8 aliphatic heterocycles. The number of non-ortho nitro benzene ring substituents is 1. The van der Waals surface area contributed by atoms with Crippen LogP contribution in [0.4, 0.5) is 51.4 Å². The van der Waals surface area contributed by atoms with Crippen LogP contribution < -0.4 is 46.7 Å². The number of nitrogens with two attached hydrogens (primary N) is 1. The van der Waals surface area contributed by atoms with E-state index in [0.29, 0.717) is 75.8 Å². The number of benzene rings is 4. The standard InChI is InChI=1S/C33H39N9O2.C17H22N4O2.C17H24N4.C15H21N3O.H2O/c1-5-17-41-30(43)26-22-35-31(38-29(26)42(41)28-8-6-7-27(37-28)32(2,3)44)36-24-9-11-25(12-10-24)40-20-15-33(16-21-40)13-18-39(19-14-33)23-34-4;1-18-14-19-10-6-17(7-11-19)8-12-20(13-9-17)15-2-4-16(5-3-15)21(22)23;1-19-14-20-10-6-17(7-11-20)8-12-21(13-9-17)16-4-2-15(18)3-5-16;19-17-13-1-3-14(4-2-13)18-11-7-15(8-12-18)5-9-16-10-6-15;/h5-12,22,44H,1,13-21,23H2,2-3H3,(H,35,36,38);2-5H,6-14H2;2-5H,6-14,18H2;1-4,16H,5-12H2;1H2. The molecular formula is C82H108N20O6. The van der Waals surface area contributed by atoms with Crippen LogP contribution in [0.1, 0.15) is 122 Å². The number of piperidine rings is 8. The topological polar surface area (TPSA) is 276 Å². The van der Waals surface area contributed by atoms with Crippen LogP contribution in [0.25, 0.3) is 31.4 Å². The zero-order chi connectivity index (χ0) is 75.0. The normalized spacial score (nSPS) is 19.7. The predicted octanol–water partition coefficient (Wildman–Crippen LogP) is 11.6. The summed E-state index contributed by atoms with van der Waals surface area (Å²) in [6, 6.07) is 36.6. The first-order valence-corrected chi connectivity index (χ1v) is 38.5. The fraction of sp³-hybridized carbons (Fsp3) is 0.524. The summed E-state index contributed by atoms with van der Waals surface area (Å²) in [5.74, 6) is 0.822. The van der Waals surface area contributed by atoms with Crippen LogP contribution >= 0.6 is 0 Å². The number of nitrogens with one attached hydrogen (secondary N) is 3. The summed E-state index contributed by atoms with van der Waals surface area (Å²) in [6.45, 7) is 47.5. The molecule has 0 amide bonds. The Labute approximate surface area is 635 Å². The van der Waals surface area contributed by atoms with Gasteiger partial charge in [0.05, 0.1) is 17.2 Å². The maximum absolute atomic E-state index is 13.3. The van der Waals surface area contributed by atoms with E-state index in [1.165, 1.54) is 144 Å². The number of nitro groups is 1. The molecule has 8 fully saturated rings. The van der Waals surface area contributed by atoms with E-state index in [4.69, 9.17) is 30.4 Å². The van der Waals surface area contributed by atoms with Crippen molar-refractivity contribution in [3.8, 4) is 5.82 Å². The second-order valence-electron chi connectivity index (χ2n) is 31.5. The molecule has 572 valence electrons. The van der Waals surface area contributed by atoms with Gasteiger partial charge < -0.3 is 46.5 Å². The molecule has 0 bridgehead atoms. The lowest BCUT2D eigenvalue weighted by molar-refractivity contribution is -0.384. The number of anilines is 7. The van der Waals surface area contributed by atoms with Gasteiger partial charge in [0.1, 0.15) is 11.0 Å². The van der Waals surface area contributed by atoms with Crippen LogP contribution in [0, 0.1) is 56.4 Å². The molecule has 26 heteroatoms. The maximum Gasteiger partial charge on any atom is 0.278 e. The SMILES string of the molecule is O=[NH+]c1ccc(N2CCC3(CCNCC3)CC2)cc1.[C-]#[N+]CN1CCC2(CC1)CCN(c1ccc(N)cc1)CC2.[C-]#[N+]CN1CCC2(CC1)CCN(c1ccc(Nc3ncc4c(=O)n(CC=C)n(-c5cccc(C(C)(C)O)n5)c4n3)cc1)CC2.[C-]#[N+]CN1CCC2(CC1)CCN(c1ccc([N+](=O)[O-])cc1)CC2.[OH-]. The molecule has 4 spiro atoms. The molecule has 3 aromatic heterocycles.